The first-order valence-electron chi connectivity index (χ1n) is 17.3. The van der Waals surface area contributed by atoms with Crippen molar-refractivity contribution >= 4 is 35.0 Å². The summed E-state index contributed by atoms with van der Waals surface area (Å²) in [5.74, 6) is -1.33. The molecule has 0 atom stereocenters. The third-order valence-corrected chi connectivity index (χ3v) is 7.30. The van der Waals surface area contributed by atoms with Gasteiger partial charge in [0, 0.05) is 35.9 Å². The largest absolute Gasteiger partial charge is 0.481 e. The predicted molar refractivity (Wildman–Crippen MR) is 180 cm³/mol. The molecule has 0 aromatic carbocycles. The van der Waals surface area contributed by atoms with Crippen LogP contribution in [0.15, 0.2) is 24.3 Å². The third kappa shape index (κ3) is 49.2. The Balaban J connectivity index is -0.000000688. The normalized spacial score (nSPS) is 11.0. The van der Waals surface area contributed by atoms with Crippen molar-refractivity contribution in [1.82, 2.24) is 0 Å². The topological polar surface area (TPSA) is 74.6 Å². The molecule has 0 saturated heterocycles. The van der Waals surface area contributed by atoms with Gasteiger partial charge in [0.1, 0.15) is 0 Å². The maximum absolute atomic E-state index is 10.3. The quantitative estimate of drug-likeness (QED) is 0.0497. The average Bonchev–Trinajstić information content (AvgIpc) is 2.93. The zero-order valence-electron chi connectivity index (χ0n) is 27.5. The van der Waals surface area contributed by atoms with Crippen molar-refractivity contribution in [2.45, 2.75) is 194 Å². The van der Waals surface area contributed by atoms with Crippen molar-refractivity contribution in [3.8, 4) is 0 Å². The number of rotatable bonds is 30. The molecule has 2 N–H and O–H groups in total. The van der Waals surface area contributed by atoms with Crippen LogP contribution in [-0.2, 0) is 9.59 Å². The maximum atomic E-state index is 10.3. The second kappa shape index (κ2) is 41.3. The fourth-order valence-electron chi connectivity index (χ4n) is 4.69. The van der Waals surface area contributed by atoms with E-state index in [-0.39, 0.29) is 23.1 Å². The summed E-state index contributed by atoms with van der Waals surface area (Å²) in [7, 11) is 0. The molecule has 0 rings (SSSR count). The van der Waals surface area contributed by atoms with Crippen LogP contribution in [0.5, 0.6) is 0 Å². The summed E-state index contributed by atoms with van der Waals surface area (Å²) in [6, 6.07) is 0. The summed E-state index contributed by atoms with van der Waals surface area (Å²) in [6.45, 7) is 4.52. The fourth-order valence-corrected chi connectivity index (χ4v) is 4.69. The second-order valence-corrected chi connectivity index (χ2v) is 11.5. The van der Waals surface area contributed by atoms with E-state index in [1.54, 1.807) is 0 Å². The van der Waals surface area contributed by atoms with Gasteiger partial charge in [-0.3, -0.25) is 9.59 Å². The molecular formula is C36H68MgO4. The zero-order chi connectivity index (χ0) is 29.8. The molecule has 238 valence electrons. The number of unbranched alkanes of at least 4 members (excludes halogenated alkanes) is 22. The van der Waals surface area contributed by atoms with Crippen molar-refractivity contribution in [2.24, 2.45) is 0 Å². The van der Waals surface area contributed by atoms with E-state index in [0.29, 0.717) is 12.8 Å². The summed E-state index contributed by atoms with van der Waals surface area (Å²) >= 11 is 0. The lowest BCUT2D eigenvalue weighted by Gasteiger charge is -1.99. The minimum Gasteiger partial charge on any atom is -0.481 e. The number of aliphatic carboxylic acids is 2. The van der Waals surface area contributed by atoms with Gasteiger partial charge in [-0.1, -0.05) is 141 Å². The van der Waals surface area contributed by atoms with E-state index in [0.717, 1.165) is 25.7 Å². The molecule has 5 heteroatoms. The molecular weight excluding hydrogens is 521 g/mol. The number of hydrogen-bond acceptors (Lipinski definition) is 2. The summed E-state index contributed by atoms with van der Waals surface area (Å²) in [4.78, 5) is 20.6. The van der Waals surface area contributed by atoms with Gasteiger partial charge in [-0.2, -0.15) is 0 Å². The first kappa shape index (κ1) is 44.6. The van der Waals surface area contributed by atoms with Gasteiger partial charge in [-0.25, -0.2) is 0 Å². The van der Waals surface area contributed by atoms with Crippen molar-refractivity contribution in [2.75, 3.05) is 0 Å². The molecule has 0 aromatic rings. The van der Waals surface area contributed by atoms with E-state index in [1.165, 1.54) is 141 Å². The van der Waals surface area contributed by atoms with Gasteiger partial charge < -0.3 is 10.2 Å². The van der Waals surface area contributed by atoms with E-state index in [4.69, 9.17) is 10.2 Å². The van der Waals surface area contributed by atoms with Gasteiger partial charge >= 0.3 is 11.9 Å². The van der Waals surface area contributed by atoms with Crippen molar-refractivity contribution in [1.29, 1.82) is 0 Å². The third-order valence-electron chi connectivity index (χ3n) is 7.30. The van der Waals surface area contributed by atoms with Gasteiger partial charge in [0.25, 0.3) is 0 Å². The summed E-state index contributed by atoms with van der Waals surface area (Å²) in [6.07, 6.45) is 42.5. The number of carboxylic acid groups (broad SMARTS) is 2. The van der Waals surface area contributed by atoms with Crippen LogP contribution in [0.25, 0.3) is 0 Å². The Bertz CT molecular complexity index is 524. The summed E-state index contributed by atoms with van der Waals surface area (Å²) in [5.41, 5.74) is 0. The molecule has 0 aromatic heterocycles. The molecule has 4 nitrogen and oxygen atoms in total. The number of allylic oxidation sites excluding steroid dienone is 4. The standard InChI is InChI=1S/2C18H34O2.Mg/c2*1-2-3-4-5-6-7-8-9-10-11-12-13-14-15-16-17-18(19)20;/h2*9-10H,2-8,11-17H2,1H3,(H,19,20);/b2*10-9-;. The van der Waals surface area contributed by atoms with Crippen molar-refractivity contribution < 1.29 is 19.8 Å². The van der Waals surface area contributed by atoms with Crippen LogP contribution in [0, 0.1) is 0 Å². The molecule has 0 aliphatic carbocycles. The zero-order valence-corrected chi connectivity index (χ0v) is 28.9. The molecule has 0 amide bonds. The molecule has 0 aliphatic heterocycles. The number of carbonyl (C=O) groups is 2. The smallest absolute Gasteiger partial charge is 0.303 e. The Morgan fingerprint density at radius 1 is 0.390 bits per heavy atom. The number of carboxylic acids is 2. The SMILES string of the molecule is CCCCCCCC/C=C\CCCCCCCC(=O)O.CCCCCCCC/C=C\CCCCCCCC(=O)O.[Mg]. The molecule has 0 heterocycles. The van der Waals surface area contributed by atoms with Gasteiger partial charge in [-0.05, 0) is 64.2 Å². The average molecular weight is 589 g/mol. The fraction of sp³-hybridized carbons (Fsp3) is 0.833. The first-order valence-corrected chi connectivity index (χ1v) is 17.3. The van der Waals surface area contributed by atoms with E-state index < -0.39 is 11.9 Å². The second-order valence-electron chi connectivity index (χ2n) is 11.5. The molecule has 0 aliphatic rings. The molecule has 0 saturated carbocycles. The Morgan fingerprint density at radius 2 is 0.610 bits per heavy atom. The van der Waals surface area contributed by atoms with Crippen molar-refractivity contribution in [3.05, 3.63) is 24.3 Å². The molecule has 0 bridgehead atoms. The highest BCUT2D eigenvalue weighted by Crippen LogP contribution is 2.11. The van der Waals surface area contributed by atoms with Gasteiger partial charge in [-0.15, -0.1) is 0 Å². The van der Waals surface area contributed by atoms with Crippen LogP contribution >= 0.6 is 0 Å². The molecule has 0 unspecified atom stereocenters. The lowest BCUT2D eigenvalue weighted by molar-refractivity contribution is -0.138. The molecule has 0 spiro atoms. The summed E-state index contributed by atoms with van der Waals surface area (Å²) < 4.78 is 0. The van der Waals surface area contributed by atoms with E-state index in [2.05, 4.69) is 38.2 Å². The molecule has 2 radical (unpaired) electrons. The van der Waals surface area contributed by atoms with Crippen LogP contribution in [-0.4, -0.2) is 45.2 Å². The van der Waals surface area contributed by atoms with Crippen molar-refractivity contribution in [3.63, 3.8) is 0 Å². The monoisotopic (exact) mass is 588 g/mol. The highest BCUT2D eigenvalue weighted by Gasteiger charge is 1.97. The minimum absolute atomic E-state index is 0. The Kier molecular flexibility index (Phi) is 45.0. The Hall–Kier alpha value is -0.814. The lowest BCUT2D eigenvalue weighted by Crippen LogP contribution is -1.93. The van der Waals surface area contributed by atoms with Crippen LogP contribution in [0.2, 0.25) is 0 Å². The molecule has 0 fully saturated rings. The van der Waals surface area contributed by atoms with Crippen LogP contribution in [0.4, 0.5) is 0 Å². The predicted octanol–water partition coefficient (Wildman–Crippen LogP) is 11.8. The Morgan fingerprint density at radius 3 is 0.854 bits per heavy atom. The first-order chi connectivity index (χ1) is 19.5. The number of hydrogen-bond donors (Lipinski definition) is 2. The molecule has 41 heavy (non-hydrogen) atoms. The maximum Gasteiger partial charge on any atom is 0.303 e. The summed E-state index contributed by atoms with van der Waals surface area (Å²) in [5, 5.41) is 17.0. The highest BCUT2D eigenvalue weighted by molar-refractivity contribution is 5.75. The lowest BCUT2D eigenvalue weighted by atomic mass is 10.1. The Labute approximate surface area is 271 Å². The van der Waals surface area contributed by atoms with E-state index >= 15 is 0 Å². The highest BCUT2D eigenvalue weighted by atomic mass is 24.3. The van der Waals surface area contributed by atoms with E-state index in [1.807, 2.05) is 0 Å². The minimum atomic E-state index is -0.664. The van der Waals surface area contributed by atoms with Gasteiger partial charge in [0.2, 0.25) is 0 Å². The van der Waals surface area contributed by atoms with Crippen LogP contribution in [0.3, 0.4) is 0 Å². The van der Waals surface area contributed by atoms with Crippen LogP contribution < -0.4 is 0 Å². The van der Waals surface area contributed by atoms with E-state index in [9.17, 15) is 9.59 Å². The van der Waals surface area contributed by atoms with Crippen LogP contribution in [0.1, 0.15) is 194 Å². The van der Waals surface area contributed by atoms with Gasteiger partial charge in [0.05, 0.1) is 0 Å². The van der Waals surface area contributed by atoms with Gasteiger partial charge in [0.15, 0.2) is 0 Å².